The largest absolute Gasteiger partial charge is 0.385 e. The summed E-state index contributed by atoms with van der Waals surface area (Å²) in [4.78, 5) is 0. The van der Waals surface area contributed by atoms with Gasteiger partial charge in [0.15, 0.2) is 0 Å². The lowest BCUT2D eigenvalue weighted by Crippen LogP contribution is -2.17. The van der Waals surface area contributed by atoms with E-state index in [1.807, 2.05) is 0 Å². The van der Waals surface area contributed by atoms with E-state index < -0.39 is 0 Å². The molecule has 0 fully saturated rings. The Morgan fingerprint density at radius 1 is 0.688 bits per heavy atom. The highest BCUT2D eigenvalue weighted by Gasteiger charge is 1.91. The minimum absolute atomic E-state index is 0.692. The van der Waals surface area contributed by atoms with Crippen molar-refractivity contribution in [1.82, 2.24) is 5.32 Å². The van der Waals surface area contributed by atoms with Crippen LogP contribution < -0.4 is 5.32 Å². The third kappa shape index (κ3) is 13.8. The van der Waals surface area contributed by atoms with Crippen LogP contribution in [0.15, 0.2) is 0 Å². The van der Waals surface area contributed by atoms with Crippen LogP contribution in [-0.2, 0) is 14.2 Å². The number of methoxy groups -OCH3 is 2. The van der Waals surface area contributed by atoms with Gasteiger partial charge < -0.3 is 19.5 Å². The van der Waals surface area contributed by atoms with Crippen molar-refractivity contribution in [3.05, 3.63) is 0 Å². The van der Waals surface area contributed by atoms with Gasteiger partial charge in [0.2, 0.25) is 0 Å². The van der Waals surface area contributed by atoms with E-state index in [1.54, 1.807) is 14.2 Å². The fourth-order valence-corrected chi connectivity index (χ4v) is 1.32. The van der Waals surface area contributed by atoms with Crippen molar-refractivity contribution in [3.63, 3.8) is 0 Å². The number of ether oxygens (including phenoxy) is 3. The summed E-state index contributed by atoms with van der Waals surface area (Å²) in [5.74, 6) is 0. The molecular weight excluding hydrogens is 206 g/mol. The number of hydrogen-bond acceptors (Lipinski definition) is 4. The van der Waals surface area contributed by atoms with Crippen LogP contribution in [0, 0.1) is 0 Å². The molecular formula is C12H27NO3. The van der Waals surface area contributed by atoms with Gasteiger partial charge in [0.25, 0.3) is 0 Å². The fraction of sp³-hybridized carbons (Fsp3) is 1.00. The zero-order chi connectivity index (χ0) is 11.9. The number of hydrogen-bond donors (Lipinski definition) is 1. The van der Waals surface area contributed by atoms with Crippen molar-refractivity contribution >= 4 is 0 Å². The van der Waals surface area contributed by atoms with E-state index >= 15 is 0 Å². The van der Waals surface area contributed by atoms with Crippen LogP contribution in [0.4, 0.5) is 0 Å². The molecule has 0 bridgehead atoms. The van der Waals surface area contributed by atoms with Crippen LogP contribution in [0.5, 0.6) is 0 Å². The number of unbranched alkanes of at least 4 members (excludes halogenated alkanes) is 2. The summed E-state index contributed by atoms with van der Waals surface area (Å²) in [6.07, 6.45) is 4.63. The highest BCUT2D eigenvalue weighted by atomic mass is 16.5. The van der Waals surface area contributed by atoms with Crippen molar-refractivity contribution in [2.45, 2.75) is 25.7 Å². The van der Waals surface area contributed by atoms with Crippen LogP contribution in [0.25, 0.3) is 0 Å². The molecule has 4 heteroatoms. The summed E-state index contributed by atoms with van der Waals surface area (Å²) >= 11 is 0. The van der Waals surface area contributed by atoms with E-state index in [2.05, 4.69) is 5.32 Å². The molecule has 0 aliphatic heterocycles. The SMILES string of the molecule is COCCCCNCCCCOCCOC. The second kappa shape index (κ2) is 14.8. The average Bonchev–Trinajstić information content (AvgIpc) is 2.31. The number of nitrogens with one attached hydrogen (secondary N) is 1. The van der Waals surface area contributed by atoms with E-state index in [0.29, 0.717) is 13.2 Å². The van der Waals surface area contributed by atoms with Crippen molar-refractivity contribution in [2.24, 2.45) is 0 Å². The monoisotopic (exact) mass is 233 g/mol. The zero-order valence-electron chi connectivity index (χ0n) is 10.8. The standard InChI is InChI=1S/C12H27NO3/c1-14-9-5-3-7-13-8-4-6-10-16-12-11-15-2/h13H,3-12H2,1-2H3. The minimum Gasteiger partial charge on any atom is -0.385 e. The van der Waals surface area contributed by atoms with Crippen LogP contribution >= 0.6 is 0 Å². The third-order valence-corrected chi connectivity index (χ3v) is 2.28. The van der Waals surface area contributed by atoms with Gasteiger partial charge in [-0.25, -0.2) is 0 Å². The summed E-state index contributed by atoms with van der Waals surface area (Å²) in [6, 6.07) is 0. The molecule has 0 aliphatic carbocycles. The molecule has 0 aromatic rings. The second-order valence-corrected chi connectivity index (χ2v) is 3.76. The van der Waals surface area contributed by atoms with Crippen LogP contribution in [0.2, 0.25) is 0 Å². The van der Waals surface area contributed by atoms with Gasteiger partial charge in [-0.1, -0.05) is 0 Å². The molecule has 0 aliphatic rings. The molecule has 0 heterocycles. The normalized spacial score (nSPS) is 10.9. The van der Waals surface area contributed by atoms with Gasteiger partial charge in [-0.3, -0.25) is 0 Å². The first kappa shape index (κ1) is 15.8. The van der Waals surface area contributed by atoms with Crippen molar-refractivity contribution in [3.8, 4) is 0 Å². The zero-order valence-corrected chi connectivity index (χ0v) is 10.8. The molecule has 0 unspecified atom stereocenters. The number of rotatable bonds is 13. The van der Waals surface area contributed by atoms with E-state index in [1.165, 1.54) is 12.8 Å². The van der Waals surface area contributed by atoms with Gasteiger partial charge in [0, 0.05) is 27.4 Å². The third-order valence-electron chi connectivity index (χ3n) is 2.28. The topological polar surface area (TPSA) is 39.7 Å². The lowest BCUT2D eigenvalue weighted by Gasteiger charge is -2.05. The van der Waals surface area contributed by atoms with Gasteiger partial charge in [-0.2, -0.15) is 0 Å². The smallest absolute Gasteiger partial charge is 0.0700 e. The first-order chi connectivity index (χ1) is 7.91. The Morgan fingerprint density at radius 2 is 1.31 bits per heavy atom. The van der Waals surface area contributed by atoms with E-state index in [0.717, 1.165) is 39.1 Å². The molecule has 16 heavy (non-hydrogen) atoms. The maximum atomic E-state index is 5.36. The molecule has 0 aromatic heterocycles. The minimum atomic E-state index is 0.692. The maximum Gasteiger partial charge on any atom is 0.0700 e. The van der Waals surface area contributed by atoms with Gasteiger partial charge in [-0.05, 0) is 38.8 Å². The molecule has 98 valence electrons. The van der Waals surface area contributed by atoms with Gasteiger partial charge in [0.1, 0.15) is 0 Å². The Hall–Kier alpha value is -0.160. The second-order valence-electron chi connectivity index (χ2n) is 3.76. The predicted octanol–water partition coefficient (Wildman–Crippen LogP) is 1.45. The van der Waals surface area contributed by atoms with Gasteiger partial charge >= 0.3 is 0 Å². The Labute approximate surface area is 99.6 Å². The highest BCUT2D eigenvalue weighted by Crippen LogP contribution is 1.90. The molecule has 0 amide bonds. The Kier molecular flexibility index (Phi) is 14.7. The Morgan fingerprint density at radius 3 is 1.94 bits per heavy atom. The highest BCUT2D eigenvalue weighted by molar-refractivity contribution is 4.49. The molecule has 4 nitrogen and oxygen atoms in total. The lowest BCUT2D eigenvalue weighted by atomic mass is 10.3. The molecule has 1 N–H and O–H groups in total. The summed E-state index contributed by atoms with van der Waals surface area (Å²) < 4.78 is 15.2. The van der Waals surface area contributed by atoms with Crippen molar-refractivity contribution in [2.75, 3.05) is 53.7 Å². The summed E-state index contributed by atoms with van der Waals surface area (Å²) in [6.45, 7) is 5.29. The van der Waals surface area contributed by atoms with Crippen LogP contribution in [-0.4, -0.2) is 53.7 Å². The molecule has 0 aromatic carbocycles. The summed E-state index contributed by atoms with van der Waals surface area (Å²) in [7, 11) is 3.44. The first-order valence-electron chi connectivity index (χ1n) is 6.18. The predicted molar refractivity (Wildman–Crippen MR) is 65.9 cm³/mol. The Balaban J connectivity index is 2.83. The molecule has 0 radical (unpaired) electrons. The van der Waals surface area contributed by atoms with Gasteiger partial charge in [0.05, 0.1) is 13.2 Å². The van der Waals surface area contributed by atoms with Crippen LogP contribution in [0.3, 0.4) is 0 Å². The van der Waals surface area contributed by atoms with E-state index in [4.69, 9.17) is 14.2 Å². The fourth-order valence-electron chi connectivity index (χ4n) is 1.32. The average molecular weight is 233 g/mol. The lowest BCUT2D eigenvalue weighted by molar-refractivity contribution is 0.0688. The quantitative estimate of drug-likeness (QED) is 0.489. The molecule has 0 atom stereocenters. The van der Waals surface area contributed by atoms with E-state index in [9.17, 15) is 0 Å². The molecule has 0 saturated heterocycles. The van der Waals surface area contributed by atoms with Crippen molar-refractivity contribution in [1.29, 1.82) is 0 Å². The van der Waals surface area contributed by atoms with E-state index in [-0.39, 0.29) is 0 Å². The summed E-state index contributed by atoms with van der Waals surface area (Å²) in [5.41, 5.74) is 0. The molecule has 0 rings (SSSR count). The first-order valence-corrected chi connectivity index (χ1v) is 6.18. The molecule has 0 spiro atoms. The van der Waals surface area contributed by atoms with Crippen molar-refractivity contribution < 1.29 is 14.2 Å². The Bertz CT molecular complexity index is 109. The van der Waals surface area contributed by atoms with Crippen LogP contribution in [0.1, 0.15) is 25.7 Å². The van der Waals surface area contributed by atoms with Gasteiger partial charge in [-0.15, -0.1) is 0 Å². The molecule has 0 saturated carbocycles. The summed E-state index contributed by atoms with van der Waals surface area (Å²) in [5, 5.41) is 3.41. The maximum absolute atomic E-state index is 5.36.